The van der Waals surface area contributed by atoms with Crippen molar-refractivity contribution in [1.82, 2.24) is 0 Å². The van der Waals surface area contributed by atoms with Crippen LogP contribution in [0.1, 0.15) is 80.5 Å². The molecule has 7 nitrogen and oxygen atoms in total. The molecule has 0 aliphatic rings. The van der Waals surface area contributed by atoms with Gasteiger partial charge < -0.3 is 11.6 Å². The van der Waals surface area contributed by atoms with Gasteiger partial charge >= 0.3 is 41.5 Å². The third-order valence-corrected chi connectivity index (χ3v) is 6.62. The van der Waals surface area contributed by atoms with Gasteiger partial charge in [0.2, 0.25) is 4.75 Å². The molecular formula is C18H35NaO7S. The first-order valence-electron chi connectivity index (χ1n) is 9.37. The number of hydrogen-bond donors (Lipinski definition) is 3. The first kappa shape index (κ1) is 29.1. The average molecular weight is 419 g/mol. The Morgan fingerprint density at radius 3 is 1.78 bits per heavy atom. The summed E-state index contributed by atoms with van der Waals surface area (Å²) in [5, 5.41) is 19.4. The van der Waals surface area contributed by atoms with E-state index in [1.807, 2.05) is 13.8 Å². The molecule has 0 heterocycles. The largest absolute Gasteiger partial charge is 1.00 e. The molecule has 0 aromatic rings. The van der Waals surface area contributed by atoms with E-state index in [4.69, 9.17) is 0 Å². The van der Waals surface area contributed by atoms with Crippen molar-refractivity contribution in [2.45, 2.75) is 83.8 Å². The molecule has 0 saturated carbocycles. The van der Waals surface area contributed by atoms with Gasteiger partial charge in [0.05, 0.1) is 5.92 Å². The summed E-state index contributed by atoms with van der Waals surface area (Å²) < 4.78 is 31.4. The molecule has 0 rings (SSSR count). The third kappa shape index (κ3) is 8.40. The monoisotopic (exact) mass is 418 g/mol. The zero-order valence-electron chi connectivity index (χ0n) is 18.3. The fraction of sp³-hybridized carbons (Fsp3) is 0.889. The number of rotatable bonds is 14. The van der Waals surface area contributed by atoms with Gasteiger partial charge in [0.15, 0.2) is 0 Å². The van der Waals surface area contributed by atoms with Crippen molar-refractivity contribution >= 4 is 22.1 Å². The molecule has 4 atom stereocenters. The minimum Gasteiger partial charge on any atom is -1.00 e. The van der Waals surface area contributed by atoms with E-state index >= 15 is 0 Å². The molecule has 4 unspecified atom stereocenters. The van der Waals surface area contributed by atoms with Crippen molar-refractivity contribution in [3.63, 3.8) is 0 Å². The minimum atomic E-state index is -5.14. The maximum atomic E-state index is 12.2. The molecule has 3 N–H and O–H groups in total. The molecule has 0 aromatic carbocycles. The van der Waals surface area contributed by atoms with Crippen LogP contribution in [-0.4, -0.2) is 39.9 Å². The molecule has 0 aliphatic carbocycles. The van der Waals surface area contributed by atoms with Crippen LogP contribution in [0.15, 0.2) is 0 Å². The summed E-state index contributed by atoms with van der Waals surface area (Å²) in [7, 11) is -5.14. The van der Waals surface area contributed by atoms with E-state index in [9.17, 15) is 32.8 Å². The van der Waals surface area contributed by atoms with Crippen LogP contribution in [0.4, 0.5) is 0 Å². The van der Waals surface area contributed by atoms with Crippen LogP contribution >= 0.6 is 0 Å². The smallest absolute Gasteiger partial charge is 1.00 e. The van der Waals surface area contributed by atoms with E-state index in [1.54, 1.807) is 13.8 Å². The summed E-state index contributed by atoms with van der Waals surface area (Å²) in [4.78, 5) is 23.9. The van der Waals surface area contributed by atoms with E-state index in [-0.39, 0.29) is 49.2 Å². The van der Waals surface area contributed by atoms with E-state index in [0.717, 1.165) is 25.7 Å². The Kier molecular flexibility index (Phi) is 14.1. The number of carboxylic acids is 2. The molecule has 0 aliphatic heterocycles. The second-order valence-electron chi connectivity index (χ2n) is 7.50. The van der Waals surface area contributed by atoms with Crippen molar-refractivity contribution in [3.8, 4) is 0 Å². The Balaban J connectivity index is -0.00000312. The van der Waals surface area contributed by atoms with Crippen molar-refractivity contribution < 1.29 is 63.8 Å². The molecule has 9 heteroatoms. The van der Waals surface area contributed by atoms with Gasteiger partial charge in [-0.3, -0.25) is 14.1 Å². The Morgan fingerprint density at radius 2 is 1.44 bits per heavy atom. The SMILES string of the molecule is CCCCC(C)CC(C(=O)O)C(CC(C)CCCC)(C(=O)O)S(=O)(=O)O.[H-].[Na+]. The number of carbonyl (C=O) groups is 2. The van der Waals surface area contributed by atoms with E-state index in [1.165, 1.54) is 0 Å². The van der Waals surface area contributed by atoms with Crippen molar-refractivity contribution in [2.24, 2.45) is 17.8 Å². The van der Waals surface area contributed by atoms with Gasteiger partial charge in [-0.2, -0.15) is 8.42 Å². The van der Waals surface area contributed by atoms with Gasteiger partial charge in [0, 0.05) is 0 Å². The van der Waals surface area contributed by atoms with Gasteiger partial charge in [-0.1, -0.05) is 66.2 Å². The molecule has 0 spiro atoms. The second kappa shape index (κ2) is 13.1. The van der Waals surface area contributed by atoms with E-state index in [2.05, 4.69) is 0 Å². The zero-order valence-corrected chi connectivity index (χ0v) is 20.1. The standard InChI is InChI=1S/C18H34O7S.Na.H/c1-5-7-9-13(3)11-15(16(19)20)18(17(21)22,26(23,24)25)12-14(4)10-8-6-2;;/h13-15H,5-12H2,1-4H3,(H,19,20)(H,21,22)(H,23,24,25);;/q;+1;-1. The van der Waals surface area contributed by atoms with Gasteiger partial charge in [-0.05, 0) is 24.7 Å². The normalized spacial score (nSPS) is 17.2. The summed E-state index contributed by atoms with van der Waals surface area (Å²) in [6.07, 6.45) is 4.08. The maximum Gasteiger partial charge on any atom is 1.00 e. The number of hydrogen-bond acceptors (Lipinski definition) is 4. The van der Waals surface area contributed by atoms with Crippen LogP contribution in [0.3, 0.4) is 0 Å². The Labute approximate surface area is 186 Å². The molecule has 0 saturated heterocycles. The van der Waals surface area contributed by atoms with Crippen molar-refractivity contribution in [1.29, 1.82) is 0 Å². The number of aliphatic carboxylic acids is 2. The molecule has 0 aromatic heterocycles. The molecular weight excluding hydrogens is 383 g/mol. The Hall–Kier alpha value is -0.150. The summed E-state index contributed by atoms with van der Waals surface area (Å²) in [6.45, 7) is 7.41. The Morgan fingerprint density at radius 1 is 1.00 bits per heavy atom. The predicted octanol–water partition coefficient (Wildman–Crippen LogP) is 0.948. The van der Waals surface area contributed by atoms with Crippen LogP contribution in [0, 0.1) is 17.8 Å². The molecule has 156 valence electrons. The van der Waals surface area contributed by atoms with Gasteiger partial charge in [0.25, 0.3) is 10.1 Å². The Bertz CT molecular complexity index is 570. The molecule has 27 heavy (non-hydrogen) atoms. The van der Waals surface area contributed by atoms with Crippen LogP contribution in [-0.2, 0) is 19.7 Å². The summed E-state index contributed by atoms with van der Waals surface area (Å²) in [5.74, 6) is -5.51. The van der Waals surface area contributed by atoms with E-state index < -0.39 is 39.1 Å². The minimum absolute atomic E-state index is 0. The predicted molar refractivity (Wildman–Crippen MR) is 101 cm³/mol. The van der Waals surface area contributed by atoms with Crippen LogP contribution in [0.25, 0.3) is 0 Å². The van der Waals surface area contributed by atoms with Crippen molar-refractivity contribution in [3.05, 3.63) is 0 Å². The van der Waals surface area contributed by atoms with E-state index in [0.29, 0.717) is 12.8 Å². The first-order valence-corrected chi connectivity index (χ1v) is 10.8. The zero-order chi connectivity index (χ0) is 20.5. The summed E-state index contributed by atoms with van der Waals surface area (Å²) in [5.41, 5.74) is 0. The van der Waals surface area contributed by atoms with Crippen LogP contribution < -0.4 is 29.6 Å². The van der Waals surface area contributed by atoms with Crippen LogP contribution in [0.2, 0.25) is 0 Å². The average Bonchev–Trinajstić information content (AvgIpc) is 2.52. The van der Waals surface area contributed by atoms with Gasteiger partial charge in [-0.25, -0.2) is 0 Å². The van der Waals surface area contributed by atoms with Crippen molar-refractivity contribution in [2.75, 3.05) is 0 Å². The van der Waals surface area contributed by atoms with Crippen LogP contribution in [0.5, 0.6) is 0 Å². The summed E-state index contributed by atoms with van der Waals surface area (Å²) >= 11 is 0. The van der Waals surface area contributed by atoms with Gasteiger partial charge in [0.1, 0.15) is 0 Å². The van der Waals surface area contributed by atoms with Gasteiger partial charge in [-0.15, -0.1) is 0 Å². The molecule has 0 radical (unpaired) electrons. The fourth-order valence-electron chi connectivity index (χ4n) is 3.51. The number of unbranched alkanes of at least 4 members (excludes halogenated alkanes) is 2. The molecule has 0 fully saturated rings. The first-order chi connectivity index (χ1) is 11.9. The number of carboxylic acid groups (broad SMARTS) is 2. The maximum absolute atomic E-state index is 12.2. The summed E-state index contributed by atoms with van der Waals surface area (Å²) in [6, 6.07) is 0. The third-order valence-electron chi connectivity index (χ3n) is 5.07. The quantitative estimate of drug-likeness (QED) is 0.283. The second-order valence-corrected chi connectivity index (χ2v) is 9.17. The fourth-order valence-corrected chi connectivity index (χ4v) is 4.78. The topological polar surface area (TPSA) is 129 Å². The molecule has 0 amide bonds. The molecule has 0 bridgehead atoms.